The van der Waals surface area contributed by atoms with E-state index in [1.54, 1.807) is 55.2 Å². The monoisotopic (exact) mass is 437 g/mol. The molecule has 1 aliphatic rings. The second-order valence-corrected chi connectivity index (χ2v) is 7.93. The van der Waals surface area contributed by atoms with Crippen molar-refractivity contribution in [2.45, 2.75) is 17.6 Å². The molecule has 1 aliphatic heterocycles. The maximum absolute atomic E-state index is 12.9. The van der Waals surface area contributed by atoms with Crippen molar-refractivity contribution in [1.82, 2.24) is 35.5 Å². The van der Waals surface area contributed by atoms with Gasteiger partial charge in [-0.2, -0.15) is 5.01 Å². The van der Waals surface area contributed by atoms with Crippen molar-refractivity contribution in [3.63, 3.8) is 0 Å². The topological polar surface area (TPSA) is 122 Å². The number of urea groups is 1. The molecule has 31 heavy (non-hydrogen) atoms. The van der Waals surface area contributed by atoms with E-state index in [1.165, 1.54) is 0 Å². The van der Waals surface area contributed by atoms with Gasteiger partial charge < -0.3 is 9.88 Å². The van der Waals surface area contributed by atoms with E-state index in [0.717, 1.165) is 22.3 Å². The molecule has 4 rings (SSSR count). The first-order chi connectivity index (χ1) is 14.9. The van der Waals surface area contributed by atoms with Crippen LogP contribution in [0.15, 0.2) is 60.0 Å². The molecule has 0 aliphatic carbocycles. The summed E-state index contributed by atoms with van der Waals surface area (Å²) in [7, 11) is 1.79. The average Bonchev–Trinajstić information content (AvgIpc) is 3.26. The van der Waals surface area contributed by atoms with E-state index in [1.807, 2.05) is 18.2 Å². The Labute approximate surface area is 182 Å². The minimum atomic E-state index is -1.25. The molecule has 158 valence electrons. The van der Waals surface area contributed by atoms with Gasteiger partial charge in [0.2, 0.25) is 5.91 Å². The lowest BCUT2D eigenvalue weighted by molar-refractivity contribution is -0.138. The zero-order valence-electron chi connectivity index (χ0n) is 16.8. The number of hydrazine groups is 1. The predicted octanol–water partition coefficient (Wildman–Crippen LogP) is 1.47. The van der Waals surface area contributed by atoms with E-state index in [4.69, 9.17) is 0 Å². The smallest absolute Gasteiger partial charge is 0.318 e. The Balaban J connectivity index is 1.40. The summed E-state index contributed by atoms with van der Waals surface area (Å²) in [4.78, 5) is 41.6. The van der Waals surface area contributed by atoms with Crippen LogP contribution in [0.4, 0.5) is 4.79 Å². The number of rotatable bonds is 6. The molecular formula is C20H19N7O3S. The molecule has 1 unspecified atom stereocenters. The van der Waals surface area contributed by atoms with Crippen LogP contribution in [0.3, 0.4) is 0 Å². The summed E-state index contributed by atoms with van der Waals surface area (Å²) in [6.07, 6.45) is 3.32. The number of carbonyl (C=O) groups is 3. The molecule has 10 nitrogen and oxygen atoms in total. The van der Waals surface area contributed by atoms with Crippen LogP contribution in [0.5, 0.6) is 0 Å². The van der Waals surface area contributed by atoms with Crippen molar-refractivity contribution in [1.29, 1.82) is 0 Å². The molecule has 0 radical (unpaired) electrons. The van der Waals surface area contributed by atoms with Crippen LogP contribution in [0.1, 0.15) is 12.5 Å². The number of nitrogens with zero attached hydrogens (tertiary/aromatic N) is 5. The number of carbonyl (C=O) groups excluding carboxylic acids is 3. The highest BCUT2D eigenvalue weighted by molar-refractivity contribution is 7.99. The Kier molecular flexibility index (Phi) is 5.42. The minimum Gasteiger partial charge on any atom is -0.318 e. The third-order valence-corrected chi connectivity index (χ3v) is 5.90. The molecule has 0 spiro atoms. The number of hydrogen-bond acceptors (Lipinski definition) is 7. The van der Waals surface area contributed by atoms with Crippen molar-refractivity contribution in [2.24, 2.45) is 7.05 Å². The Morgan fingerprint density at radius 2 is 1.84 bits per heavy atom. The SMILES string of the molecule is Cn1c(SCC(=O)NN2C(=O)NC(C)(c3ccccc3)C2=O)nnc1-c1ccncc1. The normalized spacial score (nSPS) is 18.2. The van der Waals surface area contributed by atoms with E-state index in [9.17, 15) is 14.4 Å². The first-order valence-corrected chi connectivity index (χ1v) is 10.3. The highest BCUT2D eigenvalue weighted by Gasteiger charge is 2.49. The molecule has 11 heteroatoms. The second-order valence-electron chi connectivity index (χ2n) is 6.99. The minimum absolute atomic E-state index is 0.0541. The first kappa shape index (κ1) is 20.5. The number of pyridine rings is 1. The van der Waals surface area contributed by atoms with Crippen LogP contribution in [-0.2, 0) is 22.2 Å². The van der Waals surface area contributed by atoms with Gasteiger partial charge in [0.25, 0.3) is 5.91 Å². The molecular weight excluding hydrogens is 418 g/mol. The average molecular weight is 437 g/mol. The van der Waals surface area contributed by atoms with Crippen molar-refractivity contribution in [2.75, 3.05) is 5.75 Å². The summed E-state index contributed by atoms with van der Waals surface area (Å²) < 4.78 is 1.76. The lowest BCUT2D eigenvalue weighted by atomic mass is 9.92. The van der Waals surface area contributed by atoms with E-state index >= 15 is 0 Å². The number of thioether (sulfide) groups is 1. The zero-order chi connectivity index (χ0) is 22.0. The Morgan fingerprint density at radius 1 is 1.13 bits per heavy atom. The quantitative estimate of drug-likeness (QED) is 0.442. The summed E-state index contributed by atoms with van der Waals surface area (Å²) in [6.45, 7) is 1.60. The number of amides is 4. The highest BCUT2D eigenvalue weighted by atomic mass is 32.2. The van der Waals surface area contributed by atoms with Gasteiger partial charge in [-0.1, -0.05) is 42.1 Å². The number of hydrogen-bond donors (Lipinski definition) is 2. The molecule has 1 atom stereocenters. The van der Waals surface area contributed by atoms with E-state index in [2.05, 4.69) is 25.9 Å². The maximum Gasteiger partial charge on any atom is 0.344 e. The van der Waals surface area contributed by atoms with Crippen molar-refractivity contribution < 1.29 is 14.4 Å². The fourth-order valence-corrected chi connectivity index (χ4v) is 3.89. The van der Waals surface area contributed by atoms with Gasteiger partial charge in [0.1, 0.15) is 5.54 Å². The van der Waals surface area contributed by atoms with E-state index < -0.39 is 23.4 Å². The Hall–Kier alpha value is -3.73. The van der Waals surface area contributed by atoms with Gasteiger partial charge in [-0.3, -0.25) is 20.0 Å². The summed E-state index contributed by atoms with van der Waals surface area (Å²) in [5, 5.41) is 12.1. The largest absolute Gasteiger partial charge is 0.344 e. The maximum atomic E-state index is 12.9. The van der Waals surface area contributed by atoms with Crippen LogP contribution in [0.25, 0.3) is 11.4 Å². The lowest BCUT2D eigenvalue weighted by Gasteiger charge is -2.22. The zero-order valence-corrected chi connectivity index (χ0v) is 17.6. The van der Waals surface area contributed by atoms with Crippen LogP contribution in [0.2, 0.25) is 0 Å². The molecule has 0 bridgehead atoms. The first-order valence-electron chi connectivity index (χ1n) is 9.34. The van der Waals surface area contributed by atoms with Crippen LogP contribution >= 0.6 is 11.8 Å². The Bertz CT molecular complexity index is 1140. The Morgan fingerprint density at radius 3 is 2.55 bits per heavy atom. The number of nitrogens with one attached hydrogen (secondary N) is 2. The summed E-state index contributed by atoms with van der Waals surface area (Å²) in [5.41, 5.74) is 2.60. The molecule has 2 aromatic heterocycles. The molecule has 3 heterocycles. The third-order valence-electron chi connectivity index (χ3n) is 4.88. The molecule has 0 saturated carbocycles. The summed E-state index contributed by atoms with van der Waals surface area (Å²) in [5.74, 6) is -0.487. The summed E-state index contributed by atoms with van der Waals surface area (Å²) in [6, 6.07) is 11.8. The van der Waals surface area contributed by atoms with Crippen LogP contribution in [0, 0.1) is 0 Å². The third kappa shape index (κ3) is 3.87. The van der Waals surface area contributed by atoms with Crippen molar-refractivity contribution in [3.05, 3.63) is 60.4 Å². The standard InChI is InChI=1S/C20H19N7O3S/c1-20(14-6-4-3-5-7-14)17(29)27(18(30)22-20)25-15(28)12-31-19-24-23-16(26(19)2)13-8-10-21-11-9-13/h3-11H,12H2,1-2H3,(H,22,30)(H,25,28). The van der Waals surface area contributed by atoms with Gasteiger partial charge in [-0.25, -0.2) is 4.79 Å². The van der Waals surface area contributed by atoms with E-state index in [0.29, 0.717) is 16.5 Å². The second kappa shape index (κ2) is 8.19. The number of benzene rings is 1. The lowest BCUT2D eigenvalue weighted by Crippen LogP contribution is -2.48. The number of imide groups is 1. The number of aromatic nitrogens is 4. The highest BCUT2D eigenvalue weighted by Crippen LogP contribution is 2.28. The molecule has 1 aromatic carbocycles. The van der Waals surface area contributed by atoms with Crippen molar-refractivity contribution in [3.8, 4) is 11.4 Å². The molecule has 1 fully saturated rings. The fourth-order valence-electron chi connectivity index (χ4n) is 3.19. The molecule has 1 saturated heterocycles. The predicted molar refractivity (Wildman–Crippen MR) is 112 cm³/mol. The van der Waals surface area contributed by atoms with Crippen LogP contribution < -0.4 is 10.7 Å². The van der Waals surface area contributed by atoms with Gasteiger partial charge in [0.05, 0.1) is 5.75 Å². The van der Waals surface area contributed by atoms with E-state index in [-0.39, 0.29) is 5.75 Å². The van der Waals surface area contributed by atoms with Crippen molar-refractivity contribution >= 4 is 29.6 Å². The molecule has 4 amide bonds. The van der Waals surface area contributed by atoms with Gasteiger partial charge in [0, 0.05) is 25.0 Å². The van der Waals surface area contributed by atoms with Gasteiger partial charge >= 0.3 is 6.03 Å². The molecule has 3 aromatic rings. The van der Waals surface area contributed by atoms with Gasteiger partial charge in [-0.15, -0.1) is 10.2 Å². The summed E-state index contributed by atoms with van der Waals surface area (Å²) >= 11 is 1.14. The van der Waals surface area contributed by atoms with Gasteiger partial charge in [-0.05, 0) is 24.6 Å². The fraction of sp³-hybridized carbons (Fsp3) is 0.200. The van der Waals surface area contributed by atoms with Gasteiger partial charge in [0.15, 0.2) is 11.0 Å². The van der Waals surface area contributed by atoms with Crippen LogP contribution in [-0.4, -0.2) is 48.4 Å². The molecule has 2 N–H and O–H groups in total.